The van der Waals surface area contributed by atoms with Crippen LogP contribution in [-0.4, -0.2) is 37.1 Å². The van der Waals surface area contributed by atoms with Gasteiger partial charge in [0.2, 0.25) is 0 Å². The van der Waals surface area contributed by atoms with Crippen LogP contribution in [0.15, 0.2) is 0 Å². The van der Waals surface area contributed by atoms with Crippen LogP contribution in [0.5, 0.6) is 0 Å². The minimum atomic E-state index is -0.659. The number of carboxylic acid groups (broad SMARTS) is 1. The molecule has 0 aliphatic heterocycles. The average Bonchev–Trinajstić information content (AvgIpc) is 2.26. The van der Waals surface area contributed by atoms with Gasteiger partial charge in [0.1, 0.15) is 0 Å². The van der Waals surface area contributed by atoms with Crippen LogP contribution in [-0.2, 0) is 4.79 Å². The van der Waals surface area contributed by atoms with Gasteiger partial charge < -0.3 is 10.0 Å². The van der Waals surface area contributed by atoms with E-state index in [9.17, 15) is 4.79 Å². The summed E-state index contributed by atoms with van der Waals surface area (Å²) in [6, 6.07) is 0. The molecule has 19 heavy (non-hydrogen) atoms. The molecular formula is C15H34BrNO2. The summed E-state index contributed by atoms with van der Waals surface area (Å²) in [5.41, 5.74) is 0. The van der Waals surface area contributed by atoms with E-state index in [-0.39, 0.29) is 17.0 Å². The molecule has 0 atom stereocenters. The van der Waals surface area contributed by atoms with Gasteiger partial charge in [-0.05, 0) is 27.6 Å². The summed E-state index contributed by atoms with van der Waals surface area (Å²) in [5, 5.41) is 8.41. The summed E-state index contributed by atoms with van der Waals surface area (Å²) < 4.78 is 0. The Morgan fingerprint density at radius 2 is 1.16 bits per heavy atom. The van der Waals surface area contributed by atoms with Gasteiger partial charge in [0.15, 0.2) is 0 Å². The van der Waals surface area contributed by atoms with Crippen molar-refractivity contribution in [1.82, 2.24) is 4.90 Å². The van der Waals surface area contributed by atoms with Crippen molar-refractivity contribution >= 4 is 23.0 Å². The minimum Gasteiger partial charge on any atom is -0.481 e. The van der Waals surface area contributed by atoms with Gasteiger partial charge in [-0.3, -0.25) is 4.79 Å². The zero-order valence-corrected chi connectivity index (χ0v) is 15.0. The molecule has 0 bridgehead atoms. The van der Waals surface area contributed by atoms with Crippen LogP contribution in [0.2, 0.25) is 0 Å². The van der Waals surface area contributed by atoms with Crippen molar-refractivity contribution in [2.75, 3.05) is 21.1 Å². The van der Waals surface area contributed by atoms with Gasteiger partial charge in [-0.2, -0.15) is 0 Å². The van der Waals surface area contributed by atoms with Crippen LogP contribution in [0.3, 0.4) is 0 Å². The summed E-state index contributed by atoms with van der Waals surface area (Å²) in [6.45, 7) is 2.23. The van der Waals surface area contributed by atoms with Crippen LogP contribution in [0.4, 0.5) is 0 Å². The number of unbranched alkanes of at least 4 members (excludes halogenated alkanes) is 8. The van der Waals surface area contributed by atoms with Crippen LogP contribution < -0.4 is 0 Å². The number of aliphatic carboxylic acids is 1. The van der Waals surface area contributed by atoms with Gasteiger partial charge in [-0.15, -0.1) is 17.0 Å². The first kappa shape index (κ1) is 24.0. The fraction of sp³-hybridized carbons (Fsp3) is 0.933. The third kappa shape index (κ3) is 38.1. The Balaban J connectivity index is -0.000000448. The molecule has 0 unspecified atom stereocenters. The summed E-state index contributed by atoms with van der Waals surface area (Å²) in [7, 11) is 6.00. The van der Waals surface area contributed by atoms with Gasteiger partial charge in [0.25, 0.3) is 0 Å². The molecule has 0 saturated heterocycles. The lowest BCUT2D eigenvalue weighted by Crippen LogP contribution is -1.99. The Kier molecular flexibility index (Phi) is 25.5. The molecule has 0 rings (SSSR count). The van der Waals surface area contributed by atoms with E-state index in [1.807, 2.05) is 26.0 Å². The number of nitrogens with zero attached hydrogens (tertiary/aromatic N) is 1. The molecule has 1 N–H and O–H groups in total. The van der Waals surface area contributed by atoms with Gasteiger partial charge in [-0.1, -0.05) is 58.3 Å². The van der Waals surface area contributed by atoms with E-state index >= 15 is 0 Å². The van der Waals surface area contributed by atoms with Crippen molar-refractivity contribution in [2.45, 2.75) is 71.1 Å². The van der Waals surface area contributed by atoms with Crippen molar-refractivity contribution < 1.29 is 9.90 Å². The fourth-order valence-electron chi connectivity index (χ4n) is 1.59. The second-order valence-electron chi connectivity index (χ2n) is 5.31. The predicted octanol–water partition coefficient (Wildman–Crippen LogP) is 4.75. The van der Waals surface area contributed by atoms with E-state index < -0.39 is 5.97 Å². The van der Waals surface area contributed by atoms with E-state index in [1.165, 1.54) is 44.9 Å². The molecule has 0 aliphatic rings. The average molecular weight is 340 g/mol. The Morgan fingerprint density at radius 3 is 1.47 bits per heavy atom. The highest BCUT2D eigenvalue weighted by molar-refractivity contribution is 8.93. The number of carboxylic acids is 1. The molecule has 0 aliphatic carbocycles. The predicted molar refractivity (Wildman–Crippen MR) is 89.4 cm³/mol. The molecular weight excluding hydrogens is 306 g/mol. The van der Waals surface area contributed by atoms with Crippen LogP contribution >= 0.6 is 17.0 Å². The Bertz CT molecular complexity index is 173. The highest BCUT2D eigenvalue weighted by atomic mass is 79.9. The van der Waals surface area contributed by atoms with Crippen molar-refractivity contribution in [3.05, 3.63) is 0 Å². The lowest BCUT2D eigenvalue weighted by Gasteiger charge is -2.00. The highest BCUT2D eigenvalue weighted by Gasteiger charge is 1.96. The van der Waals surface area contributed by atoms with Crippen LogP contribution in [0.25, 0.3) is 0 Å². The van der Waals surface area contributed by atoms with Crippen molar-refractivity contribution in [3.63, 3.8) is 0 Å². The molecule has 4 heteroatoms. The molecule has 0 aromatic carbocycles. The Labute approximate surface area is 130 Å². The smallest absolute Gasteiger partial charge is 0.303 e. The molecule has 0 heterocycles. The first-order valence-electron chi connectivity index (χ1n) is 7.33. The van der Waals surface area contributed by atoms with E-state index in [0.717, 1.165) is 12.8 Å². The maximum absolute atomic E-state index is 10.2. The van der Waals surface area contributed by atoms with Crippen molar-refractivity contribution in [2.24, 2.45) is 0 Å². The molecule has 0 spiro atoms. The lowest BCUT2D eigenvalue weighted by atomic mass is 10.1. The van der Waals surface area contributed by atoms with E-state index in [2.05, 4.69) is 6.92 Å². The topological polar surface area (TPSA) is 40.5 Å². The number of hydrogen-bond donors (Lipinski definition) is 1. The maximum Gasteiger partial charge on any atom is 0.303 e. The highest BCUT2D eigenvalue weighted by Crippen LogP contribution is 2.10. The third-order valence-corrected chi connectivity index (χ3v) is 2.49. The number of halogens is 1. The fourth-order valence-corrected chi connectivity index (χ4v) is 1.59. The molecule has 0 aromatic heterocycles. The molecule has 0 fully saturated rings. The quantitative estimate of drug-likeness (QED) is 0.584. The number of rotatable bonds is 10. The van der Waals surface area contributed by atoms with Crippen molar-refractivity contribution in [3.8, 4) is 0 Å². The SMILES string of the molecule is Br.CCCCCCCCCCCC(=O)O.CN(C)C. The largest absolute Gasteiger partial charge is 0.481 e. The monoisotopic (exact) mass is 339 g/mol. The second kappa shape index (κ2) is 20.2. The molecule has 0 aromatic rings. The van der Waals surface area contributed by atoms with Crippen LogP contribution in [0.1, 0.15) is 71.1 Å². The number of hydrogen-bond acceptors (Lipinski definition) is 2. The summed E-state index contributed by atoms with van der Waals surface area (Å²) in [5.74, 6) is -0.659. The van der Waals surface area contributed by atoms with Gasteiger partial charge in [0.05, 0.1) is 0 Å². The minimum absolute atomic E-state index is 0. The van der Waals surface area contributed by atoms with Gasteiger partial charge in [-0.25, -0.2) is 0 Å². The van der Waals surface area contributed by atoms with E-state index in [4.69, 9.17) is 5.11 Å². The van der Waals surface area contributed by atoms with Crippen LogP contribution in [0, 0.1) is 0 Å². The first-order chi connectivity index (χ1) is 8.50. The van der Waals surface area contributed by atoms with Gasteiger partial charge in [0, 0.05) is 6.42 Å². The Morgan fingerprint density at radius 1 is 0.842 bits per heavy atom. The zero-order valence-electron chi connectivity index (χ0n) is 13.3. The second-order valence-corrected chi connectivity index (χ2v) is 5.31. The molecule has 0 saturated carbocycles. The summed E-state index contributed by atoms with van der Waals surface area (Å²) >= 11 is 0. The molecule has 118 valence electrons. The van der Waals surface area contributed by atoms with Crippen molar-refractivity contribution in [1.29, 1.82) is 0 Å². The molecule has 0 amide bonds. The normalized spacial score (nSPS) is 9.53. The zero-order chi connectivity index (χ0) is 14.2. The Hall–Kier alpha value is -0.0900. The number of carbonyl (C=O) groups is 1. The summed E-state index contributed by atoms with van der Waals surface area (Å²) in [6.07, 6.45) is 11.5. The first-order valence-corrected chi connectivity index (χ1v) is 7.33. The molecule has 0 radical (unpaired) electrons. The molecule has 3 nitrogen and oxygen atoms in total. The maximum atomic E-state index is 10.2. The third-order valence-electron chi connectivity index (χ3n) is 2.49. The lowest BCUT2D eigenvalue weighted by molar-refractivity contribution is -0.137. The standard InChI is InChI=1S/C12H24O2.C3H9N.BrH/c1-2-3-4-5-6-7-8-9-10-11-12(13)14;1-4(2)3;/h2-11H2,1H3,(H,13,14);1-3H3;1H. The van der Waals surface area contributed by atoms with E-state index in [0.29, 0.717) is 6.42 Å². The summed E-state index contributed by atoms with van der Waals surface area (Å²) in [4.78, 5) is 12.2. The van der Waals surface area contributed by atoms with Gasteiger partial charge >= 0.3 is 5.97 Å². The van der Waals surface area contributed by atoms with E-state index in [1.54, 1.807) is 0 Å².